The summed E-state index contributed by atoms with van der Waals surface area (Å²) in [5.41, 5.74) is 1.17. The molecule has 20 heavy (non-hydrogen) atoms. The quantitative estimate of drug-likeness (QED) is 0.905. The molecule has 0 radical (unpaired) electrons. The smallest absolute Gasteiger partial charge is 0.165 e. The fourth-order valence-corrected chi connectivity index (χ4v) is 2.31. The zero-order valence-electron chi connectivity index (χ0n) is 10.7. The first-order valence-electron chi connectivity index (χ1n) is 5.96. The third-order valence-corrected chi connectivity index (χ3v) is 3.59. The summed E-state index contributed by atoms with van der Waals surface area (Å²) >= 11 is 11.9. The van der Waals surface area contributed by atoms with Crippen LogP contribution >= 0.6 is 23.2 Å². The third kappa shape index (κ3) is 3.42. The third-order valence-electron chi connectivity index (χ3n) is 2.98. The van der Waals surface area contributed by atoms with Crippen molar-refractivity contribution in [3.8, 4) is 5.75 Å². The van der Waals surface area contributed by atoms with Gasteiger partial charge in [-0.1, -0.05) is 29.3 Å². The second kappa shape index (κ2) is 6.44. The van der Waals surface area contributed by atoms with E-state index < -0.39 is 11.9 Å². The zero-order chi connectivity index (χ0) is 14.7. The van der Waals surface area contributed by atoms with Crippen LogP contribution in [0, 0.1) is 5.82 Å². The van der Waals surface area contributed by atoms with Gasteiger partial charge < -0.3 is 9.84 Å². The fourth-order valence-electron chi connectivity index (χ4n) is 1.92. The molecule has 1 unspecified atom stereocenters. The van der Waals surface area contributed by atoms with Gasteiger partial charge in [0.15, 0.2) is 11.6 Å². The highest BCUT2D eigenvalue weighted by Crippen LogP contribution is 2.28. The van der Waals surface area contributed by atoms with E-state index in [2.05, 4.69) is 0 Å². The average molecular weight is 315 g/mol. The summed E-state index contributed by atoms with van der Waals surface area (Å²) < 4.78 is 18.4. The van der Waals surface area contributed by atoms with Gasteiger partial charge in [-0.2, -0.15) is 0 Å². The molecule has 106 valence electrons. The van der Waals surface area contributed by atoms with E-state index in [4.69, 9.17) is 27.9 Å². The molecule has 0 spiro atoms. The Balaban J connectivity index is 2.21. The molecule has 0 saturated carbocycles. The van der Waals surface area contributed by atoms with Gasteiger partial charge in [-0.25, -0.2) is 4.39 Å². The first-order chi connectivity index (χ1) is 9.51. The van der Waals surface area contributed by atoms with Crippen molar-refractivity contribution in [1.29, 1.82) is 0 Å². The lowest BCUT2D eigenvalue weighted by Gasteiger charge is -2.13. The van der Waals surface area contributed by atoms with Gasteiger partial charge >= 0.3 is 0 Å². The van der Waals surface area contributed by atoms with Crippen LogP contribution in [0.5, 0.6) is 5.75 Å². The summed E-state index contributed by atoms with van der Waals surface area (Å²) in [5.74, 6) is -0.372. The number of ether oxygens (including phenoxy) is 1. The van der Waals surface area contributed by atoms with E-state index in [1.807, 2.05) is 0 Å². The van der Waals surface area contributed by atoms with Crippen molar-refractivity contribution in [2.75, 3.05) is 7.11 Å². The van der Waals surface area contributed by atoms with Crippen LogP contribution in [0.25, 0.3) is 0 Å². The molecule has 0 aliphatic heterocycles. The molecule has 0 amide bonds. The molecule has 1 N–H and O–H groups in total. The highest BCUT2D eigenvalue weighted by molar-refractivity contribution is 6.33. The Morgan fingerprint density at radius 3 is 2.60 bits per heavy atom. The highest BCUT2D eigenvalue weighted by atomic mass is 35.5. The van der Waals surface area contributed by atoms with Gasteiger partial charge in [-0.15, -0.1) is 0 Å². The van der Waals surface area contributed by atoms with Crippen LogP contribution in [0.1, 0.15) is 17.2 Å². The van der Waals surface area contributed by atoms with E-state index >= 15 is 0 Å². The maximum atomic E-state index is 13.6. The molecule has 2 rings (SSSR count). The van der Waals surface area contributed by atoms with E-state index in [1.165, 1.54) is 19.2 Å². The Morgan fingerprint density at radius 1 is 1.20 bits per heavy atom. The molecule has 2 aromatic carbocycles. The predicted molar refractivity (Wildman–Crippen MR) is 78.1 cm³/mol. The molecule has 5 heteroatoms. The van der Waals surface area contributed by atoms with Crippen molar-refractivity contribution in [3.05, 3.63) is 63.4 Å². The average Bonchev–Trinajstić information content (AvgIpc) is 2.42. The first kappa shape index (κ1) is 15.1. The number of hydrogen-bond acceptors (Lipinski definition) is 2. The SMILES string of the molecule is COc1ccc(C(O)Cc2cc(Cl)ccc2Cl)cc1F. The minimum absolute atomic E-state index is 0.140. The second-order valence-corrected chi connectivity index (χ2v) is 5.19. The van der Waals surface area contributed by atoms with Crippen LogP contribution in [0.2, 0.25) is 10.0 Å². The summed E-state index contributed by atoms with van der Waals surface area (Å²) in [7, 11) is 1.39. The van der Waals surface area contributed by atoms with Gasteiger partial charge in [0.25, 0.3) is 0 Å². The fraction of sp³-hybridized carbons (Fsp3) is 0.200. The van der Waals surface area contributed by atoms with E-state index in [0.717, 1.165) is 0 Å². The summed E-state index contributed by atoms with van der Waals surface area (Å²) in [4.78, 5) is 0. The summed E-state index contributed by atoms with van der Waals surface area (Å²) in [5, 5.41) is 11.2. The van der Waals surface area contributed by atoms with Crippen LogP contribution in [-0.4, -0.2) is 12.2 Å². The Morgan fingerprint density at radius 2 is 1.95 bits per heavy atom. The predicted octanol–water partition coefficient (Wildman–Crippen LogP) is 4.42. The summed E-state index contributed by atoms with van der Waals surface area (Å²) in [6.07, 6.45) is -0.614. The molecule has 2 nitrogen and oxygen atoms in total. The Kier molecular flexibility index (Phi) is 4.86. The molecule has 0 bridgehead atoms. The van der Waals surface area contributed by atoms with Gasteiger partial charge in [0.2, 0.25) is 0 Å². The Bertz CT molecular complexity index is 617. The lowest BCUT2D eigenvalue weighted by Crippen LogP contribution is -2.03. The first-order valence-corrected chi connectivity index (χ1v) is 6.72. The van der Waals surface area contributed by atoms with Crippen LogP contribution in [0.4, 0.5) is 4.39 Å². The van der Waals surface area contributed by atoms with E-state index in [9.17, 15) is 9.50 Å². The van der Waals surface area contributed by atoms with Crippen LogP contribution in [0.15, 0.2) is 36.4 Å². The van der Waals surface area contributed by atoms with Gasteiger partial charge in [0.05, 0.1) is 13.2 Å². The van der Waals surface area contributed by atoms with E-state index in [1.54, 1.807) is 24.3 Å². The van der Waals surface area contributed by atoms with Crippen LogP contribution in [0.3, 0.4) is 0 Å². The van der Waals surface area contributed by atoms with Gasteiger partial charge in [0, 0.05) is 16.5 Å². The van der Waals surface area contributed by atoms with E-state index in [0.29, 0.717) is 21.2 Å². The molecule has 0 fully saturated rings. The van der Waals surface area contributed by atoms with Crippen molar-refractivity contribution < 1.29 is 14.2 Å². The van der Waals surface area contributed by atoms with Gasteiger partial charge in [-0.3, -0.25) is 0 Å². The van der Waals surface area contributed by atoms with Crippen molar-refractivity contribution in [2.24, 2.45) is 0 Å². The lowest BCUT2D eigenvalue weighted by molar-refractivity contribution is 0.178. The van der Waals surface area contributed by atoms with E-state index in [-0.39, 0.29) is 12.2 Å². The van der Waals surface area contributed by atoms with Crippen LogP contribution in [-0.2, 0) is 6.42 Å². The summed E-state index contributed by atoms with van der Waals surface area (Å²) in [6.45, 7) is 0. The minimum atomic E-state index is -0.869. The maximum Gasteiger partial charge on any atom is 0.165 e. The summed E-state index contributed by atoms with van der Waals surface area (Å²) in [6, 6.07) is 9.38. The van der Waals surface area contributed by atoms with Crippen molar-refractivity contribution >= 4 is 23.2 Å². The molecule has 0 saturated heterocycles. The Labute approximate surface area is 126 Å². The number of halogens is 3. The van der Waals surface area contributed by atoms with Crippen molar-refractivity contribution in [1.82, 2.24) is 0 Å². The van der Waals surface area contributed by atoms with Crippen molar-refractivity contribution in [2.45, 2.75) is 12.5 Å². The van der Waals surface area contributed by atoms with Gasteiger partial charge in [0.1, 0.15) is 0 Å². The topological polar surface area (TPSA) is 29.5 Å². The van der Waals surface area contributed by atoms with Gasteiger partial charge in [-0.05, 0) is 41.5 Å². The number of hydrogen-bond donors (Lipinski definition) is 1. The number of benzene rings is 2. The second-order valence-electron chi connectivity index (χ2n) is 4.35. The molecule has 0 aliphatic rings. The molecule has 1 atom stereocenters. The monoisotopic (exact) mass is 314 g/mol. The number of rotatable bonds is 4. The zero-order valence-corrected chi connectivity index (χ0v) is 12.2. The minimum Gasteiger partial charge on any atom is -0.494 e. The standard InChI is InChI=1S/C15H13Cl2FO2/c1-20-15-5-2-9(7-13(15)18)14(19)8-10-6-11(16)3-4-12(10)17/h2-7,14,19H,8H2,1H3. The number of aliphatic hydroxyl groups excluding tert-OH is 1. The normalized spacial score (nSPS) is 12.2. The largest absolute Gasteiger partial charge is 0.494 e. The van der Waals surface area contributed by atoms with Crippen molar-refractivity contribution in [3.63, 3.8) is 0 Å². The molecule has 0 aromatic heterocycles. The lowest BCUT2D eigenvalue weighted by atomic mass is 10.0. The molecular formula is C15H13Cl2FO2. The molecule has 2 aromatic rings. The number of methoxy groups -OCH3 is 1. The van der Waals surface area contributed by atoms with Crippen LogP contribution < -0.4 is 4.74 Å². The number of aliphatic hydroxyl groups is 1. The molecule has 0 heterocycles. The highest BCUT2D eigenvalue weighted by Gasteiger charge is 2.14. The molecular weight excluding hydrogens is 302 g/mol. The maximum absolute atomic E-state index is 13.6. The molecule has 0 aliphatic carbocycles. The Hall–Kier alpha value is -1.29.